The number of nitrogens with zero attached hydrogens (tertiary/aromatic N) is 4. The Hall–Kier alpha value is -2.26. The van der Waals surface area contributed by atoms with E-state index in [0.29, 0.717) is 0 Å². The maximum Gasteiger partial charge on any atom is 0.271 e. The summed E-state index contributed by atoms with van der Waals surface area (Å²) in [7, 11) is 0. The average Bonchev–Trinajstić information content (AvgIpc) is 2.11. The third-order valence-electron chi connectivity index (χ3n) is 1.22. The average molecular weight is 206 g/mol. The first-order valence-corrected chi connectivity index (χ1v) is 3.25. The van der Waals surface area contributed by atoms with Crippen molar-refractivity contribution in [2.45, 2.75) is 0 Å². The zero-order chi connectivity index (χ0) is 11.1. The van der Waals surface area contributed by atoms with Gasteiger partial charge in [-0.1, -0.05) is 10.0 Å². The molecule has 0 aliphatic rings. The summed E-state index contributed by atoms with van der Waals surface area (Å²) in [6.07, 6.45) is -0.189. The van der Waals surface area contributed by atoms with Gasteiger partial charge in [0.05, 0.1) is 0 Å². The summed E-state index contributed by atoms with van der Waals surface area (Å²) in [5, 5.41) is 18.2. The van der Waals surface area contributed by atoms with Crippen molar-refractivity contribution in [1.29, 1.82) is 0 Å². The van der Waals surface area contributed by atoms with Crippen LogP contribution in [0.25, 0.3) is 0 Å². The van der Waals surface area contributed by atoms with Crippen molar-refractivity contribution < 1.29 is 19.7 Å². The number of hydrazine groups is 2. The molecule has 0 aromatic carbocycles. The summed E-state index contributed by atoms with van der Waals surface area (Å²) in [5.74, 6) is 0. The fourth-order valence-corrected chi connectivity index (χ4v) is 0.551. The first-order chi connectivity index (χ1) is 6.52. The molecule has 0 saturated carbocycles. The van der Waals surface area contributed by atoms with Crippen molar-refractivity contribution in [1.82, 2.24) is 10.0 Å². The third kappa shape index (κ3) is 3.42. The maximum atomic E-state index is 10.0. The van der Waals surface area contributed by atoms with Crippen LogP contribution >= 0.6 is 0 Å². The van der Waals surface area contributed by atoms with Crippen LogP contribution in [0.2, 0.25) is 0 Å². The van der Waals surface area contributed by atoms with Gasteiger partial charge in [-0.25, -0.2) is 20.2 Å². The Bertz CT molecular complexity index is 228. The zero-order valence-corrected chi connectivity index (χ0v) is 6.81. The van der Waals surface area contributed by atoms with Crippen molar-refractivity contribution in [3.8, 4) is 0 Å². The summed E-state index contributed by atoms with van der Waals surface area (Å²) in [5.41, 5.74) is 0. The van der Waals surface area contributed by atoms with Crippen molar-refractivity contribution in [2.75, 3.05) is 13.1 Å². The SMILES string of the molecule is O=CN(CCN(C=O)[N+](=O)[O-])[N+](=O)[O-]. The predicted octanol–water partition coefficient (Wildman–Crippen LogP) is -1.71. The first-order valence-electron chi connectivity index (χ1n) is 3.25. The third-order valence-corrected chi connectivity index (χ3v) is 1.22. The molecule has 0 aromatic rings. The molecule has 0 radical (unpaired) electrons. The number of hydrogen-bond donors (Lipinski definition) is 0. The lowest BCUT2D eigenvalue weighted by molar-refractivity contribution is -0.648. The van der Waals surface area contributed by atoms with E-state index < -0.39 is 23.2 Å². The van der Waals surface area contributed by atoms with E-state index in [9.17, 15) is 29.8 Å². The highest BCUT2D eigenvalue weighted by atomic mass is 16.7. The largest absolute Gasteiger partial charge is 0.273 e. The molecule has 0 aliphatic carbocycles. The second-order valence-corrected chi connectivity index (χ2v) is 2.01. The highest BCUT2D eigenvalue weighted by molar-refractivity contribution is 5.46. The van der Waals surface area contributed by atoms with Crippen molar-refractivity contribution in [2.24, 2.45) is 0 Å². The summed E-state index contributed by atoms with van der Waals surface area (Å²) in [6.45, 7) is -1.09. The van der Waals surface area contributed by atoms with Crippen molar-refractivity contribution >= 4 is 12.8 Å². The van der Waals surface area contributed by atoms with Gasteiger partial charge >= 0.3 is 0 Å². The number of carbonyl (C=O) groups excluding carboxylic acids is 2. The zero-order valence-electron chi connectivity index (χ0n) is 6.81. The molecule has 2 amide bonds. The second-order valence-electron chi connectivity index (χ2n) is 2.01. The van der Waals surface area contributed by atoms with Crippen LogP contribution < -0.4 is 0 Å². The maximum absolute atomic E-state index is 10.0. The quantitative estimate of drug-likeness (QED) is 0.277. The number of amides is 2. The normalized spacial score (nSPS) is 8.86. The summed E-state index contributed by atoms with van der Waals surface area (Å²) < 4.78 is 0. The minimum Gasteiger partial charge on any atom is -0.273 e. The molecule has 0 unspecified atom stereocenters. The van der Waals surface area contributed by atoms with Crippen LogP contribution in [0, 0.1) is 20.2 Å². The molecular weight excluding hydrogens is 200 g/mol. The predicted molar refractivity (Wildman–Crippen MR) is 39.5 cm³/mol. The van der Waals surface area contributed by atoms with E-state index in [1.807, 2.05) is 0 Å². The van der Waals surface area contributed by atoms with Crippen molar-refractivity contribution in [3.63, 3.8) is 0 Å². The summed E-state index contributed by atoms with van der Waals surface area (Å²) in [6, 6.07) is 0. The van der Waals surface area contributed by atoms with Gasteiger partial charge in [0.1, 0.15) is 13.1 Å². The van der Waals surface area contributed by atoms with Crippen LogP contribution in [-0.2, 0) is 9.59 Å². The van der Waals surface area contributed by atoms with Crippen LogP contribution in [0.5, 0.6) is 0 Å². The van der Waals surface area contributed by atoms with E-state index >= 15 is 0 Å². The molecule has 0 bridgehead atoms. The molecule has 0 fully saturated rings. The van der Waals surface area contributed by atoms with Crippen LogP contribution in [-0.4, -0.2) is 46.0 Å². The topological polar surface area (TPSA) is 127 Å². The van der Waals surface area contributed by atoms with Gasteiger partial charge in [0.25, 0.3) is 12.8 Å². The summed E-state index contributed by atoms with van der Waals surface area (Å²) in [4.78, 5) is 40.1. The van der Waals surface area contributed by atoms with Crippen LogP contribution in [0.15, 0.2) is 0 Å². The Morgan fingerprint density at radius 2 is 1.21 bits per heavy atom. The van der Waals surface area contributed by atoms with Crippen molar-refractivity contribution in [3.05, 3.63) is 20.2 Å². The van der Waals surface area contributed by atoms with Crippen LogP contribution in [0.1, 0.15) is 0 Å². The first kappa shape index (κ1) is 11.7. The molecule has 10 nitrogen and oxygen atoms in total. The smallest absolute Gasteiger partial charge is 0.271 e. The number of carbonyl (C=O) groups is 2. The molecule has 10 heteroatoms. The fourth-order valence-electron chi connectivity index (χ4n) is 0.551. The lowest BCUT2D eigenvalue weighted by Gasteiger charge is -2.08. The Morgan fingerprint density at radius 3 is 1.36 bits per heavy atom. The van der Waals surface area contributed by atoms with E-state index in [1.165, 1.54) is 0 Å². The van der Waals surface area contributed by atoms with Gasteiger partial charge in [0, 0.05) is 0 Å². The molecule has 0 spiro atoms. The minimum atomic E-state index is -1.03. The molecule has 78 valence electrons. The number of hydrogen-bond acceptors (Lipinski definition) is 6. The monoisotopic (exact) mass is 206 g/mol. The molecule has 0 rings (SSSR count). The number of nitro groups is 2. The molecule has 0 N–H and O–H groups in total. The lowest BCUT2D eigenvalue weighted by Crippen LogP contribution is -2.39. The van der Waals surface area contributed by atoms with Gasteiger partial charge in [-0.3, -0.25) is 9.59 Å². The highest BCUT2D eigenvalue weighted by Gasteiger charge is 2.19. The highest BCUT2D eigenvalue weighted by Crippen LogP contribution is 1.87. The van der Waals surface area contributed by atoms with E-state index in [4.69, 9.17) is 0 Å². The Morgan fingerprint density at radius 1 is 0.929 bits per heavy atom. The van der Waals surface area contributed by atoms with Gasteiger partial charge < -0.3 is 0 Å². The molecule has 14 heavy (non-hydrogen) atoms. The minimum absolute atomic E-state index is 0.0943. The molecular formula is C4H6N4O6. The standard InChI is InChI=1S/C4H6N4O6/c9-3-5(7(11)12)1-2-6(4-10)8(13)14/h3-4H,1-2H2. The van der Waals surface area contributed by atoms with E-state index in [2.05, 4.69) is 0 Å². The molecule has 0 saturated heterocycles. The van der Waals surface area contributed by atoms with Crippen LogP contribution in [0.3, 0.4) is 0 Å². The van der Waals surface area contributed by atoms with E-state index in [0.717, 1.165) is 0 Å². The second kappa shape index (κ2) is 5.40. The van der Waals surface area contributed by atoms with Gasteiger partial charge in [0.2, 0.25) is 0 Å². The Balaban J connectivity index is 4.13. The van der Waals surface area contributed by atoms with E-state index in [1.54, 1.807) is 0 Å². The van der Waals surface area contributed by atoms with Crippen LogP contribution in [0.4, 0.5) is 0 Å². The molecule has 0 atom stereocenters. The number of rotatable bonds is 7. The van der Waals surface area contributed by atoms with Gasteiger partial charge in [-0.2, -0.15) is 0 Å². The van der Waals surface area contributed by atoms with E-state index in [-0.39, 0.29) is 22.8 Å². The summed E-state index contributed by atoms with van der Waals surface area (Å²) >= 11 is 0. The van der Waals surface area contributed by atoms with Gasteiger partial charge in [-0.05, 0) is 0 Å². The van der Waals surface area contributed by atoms with Gasteiger partial charge in [0.15, 0.2) is 10.1 Å². The Kier molecular flexibility index (Phi) is 4.53. The Labute approximate surface area is 76.9 Å². The molecule has 0 aromatic heterocycles. The molecule has 0 aliphatic heterocycles. The molecule has 0 heterocycles. The lowest BCUT2D eigenvalue weighted by atomic mass is 10.6. The fraction of sp³-hybridized carbons (Fsp3) is 0.500. The van der Waals surface area contributed by atoms with Gasteiger partial charge in [-0.15, -0.1) is 0 Å².